The van der Waals surface area contributed by atoms with Crippen LogP contribution in [0.15, 0.2) is 18.2 Å². The Labute approximate surface area is 109 Å². The quantitative estimate of drug-likeness (QED) is 0.877. The maximum Gasteiger partial charge on any atom is 0.109 e. The van der Waals surface area contributed by atoms with E-state index in [2.05, 4.69) is 49.0 Å². The zero-order valence-electron chi connectivity index (χ0n) is 11.8. The van der Waals surface area contributed by atoms with E-state index in [1.807, 2.05) is 7.05 Å². The van der Waals surface area contributed by atoms with Crippen molar-refractivity contribution in [3.05, 3.63) is 29.6 Å². The molecular formula is C15H23N3. The molecule has 0 radical (unpaired) electrons. The summed E-state index contributed by atoms with van der Waals surface area (Å²) >= 11 is 0. The van der Waals surface area contributed by atoms with E-state index in [9.17, 15) is 0 Å². The van der Waals surface area contributed by atoms with Crippen molar-refractivity contribution in [2.45, 2.75) is 26.7 Å². The van der Waals surface area contributed by atoms with Gasteiger partial charge in [-0.1, -0.05) is 19.9 Å². The maximum absolute atomic E-state index is 4.76. The Morgan fingerprint density at radius 3 is 2.78 bits per heavy atom. The SMILES string of the molecule is CNCCc1ccc2c(c1)nc(CC(C)C)n2C. The van der Waals surface area contributed by atoms with Gasteiger partial charge in [-0.2, -0.15) is 0 Å². The van der Waals surface area contributed by atoms with E-state index in [1.54, 1.807) is 0 Å². The summed E-state index contributed by atoms with van der Waals surface area (Å²) in [5, 5.41) is 3.18. The molecule has 0 atom stereocenters. The lowest BCUT2D eigenvalue weighted by atomic mass is 10.1. The maximum atomic E-state index is 4.76. The van der Waals surface area contributed by atoms with Gasteiger partial charge in [0.1, 0.15) is 5.82 Å². The number of hydrogen-bond acceptors (Lipinski definition) is 2. The number of aromatic nitrogens is 2. The van der Waals surface area contributed by atoms with Crippen LogP contribution in [0.4, 0.5) is 0 Å². The minimum Gasteiger partial charge on any atom is -0.331 e. The van der Waals surface area contributed by atoms with Gasteiger partial charge in [-0.3, -0.25) is 0 Å². The van der Waals surface area contributed by atoms with E-state index in [-0.39, 0.29) is 0 Å². The summed E-state index contributed by atoms with van der Waals surface area (Å²) in [5.74, 6) is 1.83. The molecule has 0 amide bonds. The Morgan fingerprint density at radius 1 is 1.33 bits per heavy atom. The second-order valence-corrected chi connectivity index (χ2v) is 5.36. The van der Waals surface area contributed by atoms with Crippen LogP contribution in [0.3, 0.4) is 0 Å². The number of rotatable bonds is 5. The number of likely N-dealkylation sites (N-methyl/N-ethyl adjacent to an activating group) is 1. The first-order valence-electron chi connectivity index (χ1n) is 6.70. The molecule has 3 heteroatoms. The minimum atomic E-state index is 0.643. The number of nitrogens with one attached hydrogen (secondary N) is 1. The van der Waals surface area contributed by atoms with Gasteiger partial charge in [-0.15, -0.1) is 0 Å². The molecule has 1 aromatic carbocycles. The second-order valence-electron chi connectivity index (χ2n) is 5.36. The molecule has 0 aliphatic heterocycles. The van der Waals surface area contributed by atoms with Gasteiger partial charge in [0.15, 0.2) is 0 Å². The summed E-state index contributed by atoms with van der Waals surface area (Å²) in [6.45, 7) is 5.48. The van der Waals surface area contributed by atoms with E-state index in [1.165, 1.54) is 16.9 Å². The predicted molar refractivity (Wildman–Crippen MR) is 76.9 cm³/mol. The Bertz CT molecular complexity index is 526. The van der Waals surface area contributed by atoms with Crippen molar-refractivity contribution >= 4 is 11.0 Å². The van der Waals surface area contributed by atoms with Crippen LogP contribution in [0.1, 0.15) is 25.2 Å². The largest absolute Gasteiger partial charge is 0.331 e. The summed E-state index contributed by atoms with van der Waals surface area (Å²) in [6, 6.07) is 6.62. The predicted octanol–water partition coefficient (Wildman–Crippen LogP) is 2.53. The van der Waals surface area contributed by atoms with Crippen LogP contribution in [0.5, 0.6) is 0 Å². The number of aryl methyl sites for hydroxylation is 1. The molecule has 0 bridgehead atoms. The van der Waals surface area contributed by atoms with Gasteiger partial charge in [-0.05, 0) is 43.6 Å². The van der Waals surface area contributed by atoms with Gasteiger partial charge in [-0.25, -0.2) is 4.98 Å². The van der Waals surface area contributed by atoms with Gasteiger partial charge < -0.3 is 9.88 Å². The van der Waals surface area contributed by atoms with Crippen LogP contribution < -0.4 is 5.32 Å². The number of fused-ring (bicyclic) bond motifs is 1. The zero-order chi connectivity index (χ0) is 13.1. The number of nitrogens with zero attached hydrogens (tertiary/aromatic N) is 2. The Kier molecular flexibility index (Phi) is 4.02. The number of imidazole rings is 1. The fourth-order valence-electron chi connectivity index (χ4n) is 2.27. The van der Waals surface area contributed by atoms with Crippen LogP contribution in [0, 0.1) is 5.92 Å². The minimum absolute atomic E-state index is 0.643. The Balaban J connectivity index is 2.32. The van der Waals surface area contributed by atoms with Crippen LogP contribution >= 0.6 is 0 Å². The molecule has 1 heterocycles. The molecule has 0 aliphatic carbocycles. The van der Waals surface area contributed by atoms with E-state index in [0.29, 0.717) is 5.92 Å². The fourth-order valence-corrected chi connectivity index (χ4v) is 2.27. The van der Waals surface area contributed by atoms with Crippen molar-refractivity contribution in [1.82, 2.24) is 14.9 Å². The molecule has 1 aromatic heterocycles. The van der Waals surface area contributed by atoms with Gasteiger partial charge in [0.2, 0.25) is 0 Å². The smallest absolute Gasteiger partial charge is 0.109 e. The van der Waals surface area contributed by atoms with Crippen molar-refractivity contribution in [1.29, 1.82) is 0 Å². The highest BCUT2D eigenvalue weighted by Gasteiger charge is 2.09. The van der Waals surface area contributed by atoms with Crippen molar-refractivity contribution in [3.63, 3.8) is 0 Å². The van der Waals surface area contributed by atoms with Gasteiger partial charge in [0, 0.05) is 13.5 Å². The van der Waals surface area contributed by atoms with Crippen molar-refractivity contribution in [2.75, 3.05) is 13.6 Å². The number of benzene rings is 1. The highest BCUT2D eigenvalue weighted by atomic mass is 15.1. The second kappa shape index (κ2) is 5.53. The molecular weight excluding hydrogens is 222 g/mol. The lowest BCUT2D eigenvalue weighted by molar-refractivity contribution is 0.606. The molecule has 18 heavy (non-hydrogen) atoms. The highest BCUT2D eigenvalue weighted by Crippen LogP contribution is 2.18. The molecule has 98 valence electrons. The Morgan fingerprint density at radius 2 is 2.11 bits per heavy atom. The molecule has 0 spiro atoms. The van der Waals surface area contributed by atoms with Crippen LogP contribution in [-0.2, 0) is 19.9 Å². The average molecular weight is 245 g/mol. The first-order valence-corrected chi connectivity index (χ1v) is 6.70. The zero-order valence-corrected chi connectivity index (χ0v) is 11.8. The normalized spacial score (nSPS) is 11.6. The third-order valence-corrected chi connectivity index (χ3v) is 3.29. The molecule has 2 rings (SSSR count). The summed E-state index contributed by atoms with van der Waals surface area (Å²) in [7, 11) is 4.10. The Hall–Kier alpha value is -1.35. The van der Waals surface area contributed by atoms with Crippen LogP contribution in [-0.4, -0.2) is 23.1 Å². The highest BCUT2D eigenvalue weighted by molar-refractivity contribution is 5.76. The van der Waals surface area contributed by atoms with Crippen LogP contribution in [0.2, 0.25) is 0 Å². The summed E-state index contributed by atoms with van der Waals surface area (Å²) in [4.78, 5) is 4.76. The van der Waals surface area contributed by atoms with Gasteiger partial charge >= 0.3 is 0 Å². The molecule has 2 aromatic rings. The summed E-state index contributed by atoms with van der Waals surface area (Å²) in [6.07, 6.45) is 2.10. The summed E-state index contributed by atoms with van der Waals surface area (Å²) < 4.78 is 2.22. The van der Waals surface area contributed by atoms with Gasteiger partial charge in [0.05, 0.1) is 11.0 Å². The molecule has 0 aliphatic rings. The third kappa shape index (κ3) is 2.72. The lowest BCUT2D eigenvalue weighted by Gasteiger charge is -2.04. The standard InChI is InChI=1S/C15H23N3/c1-11(2)9-15-17-13-10-12(7-8-16-3)5-6-14(13)18(15)4/h5-6,10-11,16H,7-9H2,1-4H3. The summed E-state index contributed by atoms with van der Waals surface area (Å²) in [5.41, 5.74) is 3.71. The van der Waals surface area contributed by atoms with Crippen molar-refractivity contribution in [3.8, 4) is 0 Å². The van der Waals surface area contributed by atoms with Crippen LogP contribution in [0.25, 0.3) is 11.0 Å². The molecule has 0 fully saturated rings. The monoisotopic (exact) mass is 245 g/mol. The van der Waals surface area contributed by atoms with E-state index in [0.717, 1.165) is 24.9 Å². The lowest BCUT2D eigenvalue weighted by Crippen LogP contribution is -2.10. The fraction of sp³-hybridized carbons (Fsp3) is 0.533. The van der Waals surface area contributed by atoms with E-state index in [4.69, 9.17) is 4.98 Å². The molecule has 3 nitrogen and oxygen atoms in total. The number of hydrogen-bond donors (Lipinski definition) is 1. The third-order valence-electron chi connectivity index (χ3n) is 3.29. The van der Waals surface area contributed by atoms with Crippen molar-refractivity contribution in [2.24, 2.45) is 13.0 Å². The van der Waals surface area contributed by atoms with E-state index >= 15 is 0 Å². The van der Waals surface area contributed by atoms with Crippen molar-refractivity contribution < 1.29 is 0 Å². The first kappa shape index (κ1) is 13.1. The molecule has 1 N–H and O–H groups in total. The molecule has 0 unspecified atom stereocenters. The van der Waals surface area contributed by atoms with Gasteiger partial charge in [0.25, 0.3) is 0 Å². The topological polar surface area (TPSA) is 29.9 Å². The molecule has 0 saturated carbocycles. The average Bonchev–Trinajstić information content (AvgIpc) is 2.63. The molecule has 0 saturated heterocycles. The first-order chi connectivity index (χ1) is 8.61. The van der Waals surface area contributed by atoms with E-state index < -0.39 is 0 Å².